The van der Waals surface area contributed by atoms with E-state index in [-0.39, 0.29) is 17.1 Å². The van der Waals surface area contributed by atoms with Crippen LogP contribution in [0, 0.1) is 18.2 Å². The van der Waals surface area contributed by atoms with Crippen molar-refractivity contribution in [2.75, 3.05) is 5.01 Å². The maximum atomic E-state index is 13.1. The van der Waals surface area contributed by atoms with Crippen molar-refractivity contribution in [3.05, 3.63) is 29.6 Å². The van der Waals surface area contributed by atoms with Crippen molar-refractivity contribution >= 4 is 17.3 Å². The third kappa shape index (κ3) is 2.28. The Hall–Kier alpha value is -1.71. The van der Waals surface area contributed by atoms with Gasteiger partial charge in [-0.1, -0.05) is 20.8 Å². The lowest BCUT2D eigenvalue weighted by Gasteiger charge is -2.17. The van der Waals surface area contributed by atoms with Crippen LogP contribution >= 0.6 is 0 Å². The third-order valence-corrected chi connectivity index (χ3v) is 3.03. The number of aryl methyl sites for hydroxylation is 1. The first-order chi connectivity index (χ1) is 8.29. The quantitative estimate of drug-likeness (QED) is 0.750. The van der Waals surface area contributed by atoms with Crippen LogP contribution in [0.25, 0.3) is 0 Å². The number of carbonyl (C=O) groups is 1. The summed E-state index contributed by atoms with van der Waals surface area (Å²) < 4.78 is 13.1. The summed E-state index contributed by atoms with van der Waals surface area (Å²) in [6, 6.07) is 4.35. The molecule has 0 N–H and O–H groups in total. The van der Waals surface area contributed by atoms with Crippen molar-refractivity contribution in [2.24, 2.45) is 10.5 Å². The summed E-state index contributed by atoms with van der Waals surface area (Å²) in [6.07, 6.45) is 0.334. The molecule has 96 valence electrons. The predicted molar refractivity (Wildman–Crippen MR) is 70.1 cm³/mol. The second kappa shape index (κ2) is 4.19. The van der Waals surface area contributed by atoms with Gasteiger partial charge in [0.25, 0.3) is 5.91 Å². The summed E-state index contributed by atoms with van der Waals surface area (Å²) in [6.45, 7) is 7.86. The summed E-state index contributed by atoms with van der Waals surface area (Å²) in [5.74, 6) is -0.363. The molecule has 0 fully saturated rings. The first-order valence-corrected chi connectivity index (χ1v) is 5.96. The Bertz CT molecular complexity index is 529. The summed E-state index contributed by atoms with van der Waals surface area (Å²) in [5.41, 5.74) is 2.09. The van der Waals surface area contributed by atoms with E-state index in [0.29, 0.717) is 17.7 Å². The molecule has 2 rings (SSSR count). The second-order valence-electron chi connectivity index (χ2n) is 5.61. The highest BCUT2D eigenvalue weighted by Crippen LogP contribution is 2.29. The van der Waals surface area contributed by atoms with Crippen LogP contribution in [-0.4, -0.2) is 11.6 Å². The zero-order valence-electron chi connectivity index (χ0n) is 11.1. The molecule has 1 heterocycles. The molecule has 1 aliphatic rings. The zero-order chi connectivity index (χ0) is 13.5. The van der Waals surface area contributed by atoms with Gasteiger partial charge in [0.15, 0.2) is 0 Å². The number of hydrazone groups is 1. The zero-order valence-corrected chi connectivity index (χ0v) is 11.1. The van der Waals surface area contributed by atoms with E-state index in [4.69, 9.17) is 0 Å². The Kier molecular flexibility index (Phi) is 2.97. The molecule has 0 radical (unpaired) electrons. The number of halogens is 1. The minimum atomic E-state index is -0.303. The molecule has 18 heavy (non-hydrogen) atoms. The standard InChI is InChI=1S/C14H17FN2O/c1-9-7-10(15)5-6-11(9)17-13(18)8-12(16-17)14(2,3)4/h5-7H,8H2,1-4H3. The molecule has 1 aromatic rings. The minimum Gasteiger partial charge on any atom is -0.272 e. The summed E-state index contributed by atoms with van der Waals surface area (Å²) in [7, 11) is 0. The van der Waals surface area contributed by atoms with Crippen molar-refractivity contribution in [1.29, 1.82) is 0 Å². The summed E-state index contributed by atoms with van der Waals surface area (Å²) in [4.78, 5) is 12.0. The molecule has 0 aromatic heterocycles. The topological polar surface area (TPSA) is 32.7 Å². The summed E-state index contributed by atoms with van der Waals surface area (Å²) >= 11 is 0. The monoisotopic (exact) mass is 248 g/mol. The van der Waals surface area contributed by atoms with Gasteiger partial charge in [-0.3, -0.25) is 4.79 Å². The Balaban J connectivity index is 2.40. The first kappa shape index (κ1) is 12.7. The van der Waals surface area contributed by atoms with Gasteiger partial charge in [0, 0.05) is 5.41 Å². The van der Waals surface area contributed by atoms with Gasteiger partial charge in [-0.2, -0.15) is 5.10 Å². The molecule has 0 spiro atoms. The molecule has 0 saturated carbocycles. The van der Waals surface area contributed by atoms with Crippen molar-refractivity contribution < 1.29 is 9.18 Å². The molecular formula is C14H17FN2O. The number of amides is 1. The third-order valence-electron chi connectivity index (χ3n) is 3.03. The molecule has 0 saturated heterocycles. The molecule has 0 aliphatic carbocycles. The number of hydrogen-bond acceptors (Lipinski definition) is 2. The van der Waals surface area contributed by atoms with Gasteiger partial charge in [0.05, 0.1) is 17.8 Å². The van der Waals surface area contributed by atoms with Crippen LogP contribution in [0.4, 0.5) is 10.1 Å². The van der Waals surface area contributed by atoms with E-state index in [1.54, 1.807) is 13.0 Å². The van der Waals surface area contributed by atoms with Crippen LogP contribution in [0.1, 0.15) is 32.8 Å². The first-order valence-electron chi connectivity index (χ1n) is 5.96. The van der Waals surface area contributed by atoms with Crippen LogP contribution < -0.4 is 5.01 Å². The van der Waals surface area contributed by atoms with Crippen molar-refractivity contribution in [2.45, 2.75) is 34.1 Å². The molecule has 0 bridgehead atoms. The van der Waals surface area contributed by atoms with E-state index < -0.39 is 0 Å². The molecule has 1 amide bonds. The molecule has 0 unspecified atom stereocenters. The van der Waals surface area contributed by atoms with E-state index in [1.807, 2.05) is 20.8 Å². The van der Waals surface area contributed by atoms with E-state index in [1.165, 1.54) is 17.1 Å². The lowest BCUT2D eigenvalue weighted by Crippen LogP contribution is -2.21. The largest absolute Gasteiger partial charge is 0.272 e. The van der Waals surface area contributed by atoms with Gasteiger partial charge < -0.3 is 0 Å². The Morgan fingerprint density at radius 3 is 2.50 bits per heavy atom. The number of rotatable bonds is 1. The van der Waals surface area contributed by atoms with Crippen LogP contribution in [0.5, 0.6) is 0 Å². The Morgan fingerprint density at radius 2 is 2.00 bits per heavy atom. The maximum Gasteiger partial charge on any atom is 0.253 e. The van der Waals surface area contributed by atoms with E-state index in [9.17, 15) is 9.18 Å². The molecule has 3 nitrogen and oxygen atoms in total. The number of anilines is 1. The number of carbonyl (C=O) groups excluding carboxylic acids is 1. The van der Waals surface area contributed by atoms with Gasteiger partial charge in [-0.15, -0.1) is 0 Å². The van der Waals surface area contributed by atoms with Crippen molar-refractivity contribution in [1.82, 2.24) is 0 Å². The predicted octanol–water partition coefficient (Wildman–Crippen LogP) is 3.27. The van der Waals surface area contributed by atoms with E-state index in [0.717, 1.165) is 5.71 Å². The minimum absolute atomic E-state index is 0.0605. The average molecular weight is 248 g/mol. The van der Waals surface area contributed by atoms with Gasteiger partial charge in [-0.05, 0) is 30.7 Å². The molecule has 1 aromatic carbocycles. The number of benzene rings is 1. The fourth-order valence-electron chi connectivity index (χ4n) is 1.89. The highest BCUT2D eigenvalue weighted by atomic mass is 19.1. The fraction of sp³-hybridized carbons (Fsp3) is 0.429. The second-order valence-corrected chi connectivity index (χ2v) is 5.61. The number of nitrogens with zero attached hydrogens (tertiary/aromatic N) is 2. The molecular weight excluding hydrogens is 231 g/mol. The molecule has 1 aliphatic heterocycles. The average Bonchev–Trinajstić information content (AvgIpc) is 2.60. The fourth-order valence-corrected chi connectivity index (χ4v) is 1.89. The van der Waals surface area contributed by atoms with Crippen LogP contribution in [0.2, 0.25) is 0 Å². The summed E-state index contributed by atoms with van der Waals surface area (Å²) in [5, 5.41) is 5.76. The van der Waals surface area contributed by atoms with Crippen molar-refractivity contribution in [3.63, 3.8) is 0 Å². The SMILES string of the molecule is Cc1cc(F)ccc1N1N=C(C(C)(C)C)CC1=O. The normalized spacial score (nSPS) is 16.2. The molecule has 0 atom stereocenters. The van der Waals surface area contributed by atoms with E-state index >= 15 is 0 Å². The maximum absolute atomic E-state index is 13.1. The van der Waals surface area contributed by atoms with E-state index in [2.05, 4.69) is 5.10 Å². The van der Waals surface area contributed by atoms with Gasteiger partial charge in [0.1, 0.15) is 5.82 Å². The Morgan fingerprint density at radius 1 is 1.33 bits per heavy atom. The lowest BCUT2D eigenvalue weighted by molar-refractivity contribution is -0.117. The molecule has 4 heteroatoms. The van der Waals surface area contributed by atoms with Crippen LogP contribution in [0.15, 0.2) is 23.3 Å². The highest BCUT2D eigenvalue weighted by Gasteiger charge is 2.32. The number of hydrogen-bond donors (Lipinski definition) is 0. The smallest absolute Gasteiger partial charge is 0.253 e. The van der Waals surface area contributed by atoms with Gasteiger partial charge in [0.2, 0.25) is 0 Å². The Labute approximate surface area is 106 Å². The van der Waals surface area contributed by atoms with Gasteiger partial charge >= 0.3 is 0 Å². The van der Waals surface area contributed by atoms with Crippen LogP contribution in [-0.2, 0) is 4.79 Å². The van der Waals surface area contributed by atoms with Gasteiger partial charge in [-0.25, -0.2) is 9.40 Å². The van der Waals surface area contributed by atoms with Crippen molar-refractivity contribution in [3.8, 4) is 0 Å². The lowest BCUT2D eigenvalue weighted by atomic mass is 9.88. The van der Waals surface area contributed by atoms with Crippen LogP contribution in [0.3, 0.4) is 0 Å². The highest BCUT2D eigenvalue weighted by molar-refractivity contribution is 6.14.